The van der Waals surface area contributed by atoms with Crippen LogP contribution in [-0.2, 0) is 4.79 Å². The van der Waals surface area contributed by atoms with Gasteiger partial charge in [0.2, 0.25) is 5.91 Å². The van der Waals surface area contributed by atoms with Gasteiger partial charge in [-0.3, -0.25) is 9.59 Å². The number of carbonyl (C=O) groups excluding carboxylic acids is 2. The van der Waals surface area contributed by atoms with Crippen molar-refractivity contribution in [1.82, 2.24) is 10.2 Å². The Morgan fingerprint density at radius 1 is 1.11 bits per heavy atom. The number of aryl methyl sites for hydroxylation is 1. The van der Waals surface area contributed by atoms with Crippen LogP contribution in [-0.4, -0.2) is 29.8 Å². The van der Waals surface area contributed by atoms with Crippen molar-refractivity contribution in [2.75, 3.05) is 13.1 Å². The number of rotatable bonds is 2. The number of halogens is 1. The number of fused-ring (bicyclic) bond motifs is 1. The molecule has 4 rings (SSSR count). The van der Waals surface area contributed by atoms with Gasteiger partial charge in [0, 0.05) is 23.1 Å². The van der Waals surface area contributed by atoms with Crippen LogP contribution in [0.3, 0.4) is 0 Å². The molecule has 4 nitrogen and oxygen atoms in total. The zero-order valence-electron chi connectivity index (χ0n) is 14.9. The van der Waals surface area contributed by atoms with Crippen LogP contribution in [0.2, 0.25) is 0 Å². The Balaban J connectivity index is 1.77. The molecule has 3 aromatic carbocycles. The maximum atomic E-state index is 13.4. The van der Waals surface area contributed by atoms with Crippen LogP contribution in [0.5, 0.6) is 0 Å². The lowest BCUT2D eigenvalue weighted by Gasteiger charge is -2.36. The molecule has 0 radical (unpaired) electrons. The average Bonchev–Trinajstić information content (AvgIpc) is 2.68. The minimum absolute atomic E-state index is 0.135. The highest BCUT2D eigenvalue weighted by Gasteiger charge is 2.35. The van der Waals surface area contributed by atoms with E-state index in [2.05, 4.69) is 21.2 Å². The molecule has 1 atom stereocenters. The second-order valence-corrected chi connectivity index (χ2v) is 7.58. The maximum Gasteiger partial charge on any atom is 0.254 e. The van der Waals surface area contributed by atoms with E-state index in [0.717, 1.165) is 26.4 Å². The van der Waals surface area contributed by atoms with Crippen LogP contribution in [0.1, 0.15) is 27.5 Å². The van der Waals surface area contributed by atoms with Crippen molar-refractivity contribution in [3.8, 4) is 0 Å². The van der Waals surface area contributed by atoms with Crippen LogP contribution in [0.25, 0.3) is 10.8 Å². The second kappa shape index (κ2) is 7.16. The summed E-state index contributed by atoms with van der Waals surface area (Å²) in [5, 5.41) is 4.94. The fraction of sp³-hybridized carbons (Fsp3) is 0.182. The molecule has 1 N–H and O–H groups in total. The van der Waals surface area contributed by atoms with Gasteiger partial charge >= 0.3 is 0 Å². The smallest absolute Gasteiger partial charge is 0.254 e. The van der Waals surface area contributed by atoms with Crippen molar-refractivity contribution in [3.05, 3.63) is 81.8 Å². The third-order valence-corrected chi connectivity index (χ3v) is 5.67. The molecule has 0 aromatic heterocycles. The van der Waals surface area contributed by atoms with Crippen LogP contribution >= 0.6 is 15.9 Å². The van der Waals surface area contributed by atoms with Crippen LogP contribution in [0.15, 0.2) is 65.1 Å². The number of piperazine rings is 1. The third-order valence-electron chi connectivity index (χ3n) is 5.01. The van der Waals surface area contributed by atoms with E-state index in [9.17, 15) is 9.59 Å². The molecule has 2 amide bonds. The van der Waals surface area contributed by atoms with Gasteiger partial charge < -0.3 is 10.2 Å². The van der Waals surface area contributed by atoms with Crippen molar-refractivity contribution in [2.45, 2.75) is 13.0 Å². The first kappa shape index (κ1) is 17.7. The third kappa shape index (κ3) is 3.23. The normalized spacial score (nSPS) is 17.0. The molecule has 1 aliphatic heterocycles. The fourth-order valence-corrected chi connectivity index (χ4v) is 4.25. The molecule has 0 saturated carbocycles. The van der Waals surface area contributed by atoms with Gasteiger partial charge in [-0.05, 0) is 41.0 Å². The van der Waals surface area contributed by atoms with Gasteiger partial charge in [-0.2, -0.15) is 0 Å². The molecule has 0 spiro atoms. The van der Waals surface area contributed by atoms with Gasteiger partial charge in [0.05, 0.1) is 0 Å². The minimum Gasteiger partial charge on any atom is -0.352 e. The Kier molecular flexibility index (Phi) is 4.70. The lowest BCUT2D eigenvalue weighted by Crippen LogP contribution is -2.52. The first-order valence-corrected chi connectivity index (χ1v) is 9.68. The largest absolute Gasteiger partial charge is 0.352 e. The molecule has 3 aromatic rings. The maximum absolute atomic E-state index is 13.4. The number of amides is 2. The summed E-state index contributed by atoms with van der Waals surface area (Å²) in [5.74, 6) is -0.270. The van der Waals surface area contributed by atoms with Gasteiger partial charge in [-0.15, -0.1) is 0 Å². The molecule has 136 valence electrons. The summed E-state index contributed by atoms with van der Waals surface area (Å²) in [6.07, 6.45) is 0. The van der Waals surface area contributed by atoms with E-state index in [0.29, 0.717) is 18.7 Å². The Morgan fingerprint density at radius 3 is 2.67 bits per heavy atom. The van der Waals surface area contributed by atoms with Gasteiger partial charge in [-0.1, -0.05) is 64.5 Å². The molecular formula is C22H19BrN2O2. The molecule has 1 heterocycles. The molecular weight excluding hydrogens is 404 g/mol. The molecule has 1 fully saturated rings. The predicted molar refractivity (Wildman–Crippen MR) is 110 cm³/mol. The number of carbonyl (C=O) groups is 2. The number of benzene rings is 3. The van der Waals surface area contributed by atoms with Gasteiger partial charge in [0.1, 0.15) is 6.04 Å². The Hall–Kier alpha value is -2.66. The lowest BCUT2D eigenvalue weighted by molar-refractivity contribution is -0.128. The highest BCUT2D eigenvalue weighted by Crippen LogP contribution is 2.30. The summed E-state index contributed by atoms with van der Waals surface area (Å²) in [5.41, 5.74) is 2.44. The fourth-order valence-electron chi connectivity index (χ4n) is 3.64. The van der Waals surface area contributed by atoms with Gasteiger partial charge in [0.15, 0.2) is 0 Å². The van der Waals surface area contributed by atoms with Crippen LogP contribution < -0.4 is 5.32 Å². The Labute approximate surface area is 166 Å². The average molecular weight is 423 g/mol. The summed E-state index contributed by atoms with van der Waals surface area (Å²) < 4.78 is 0.873. The van der Waals surface area contributed by atoms with Gasteiger partial charge in [-0.25, -0.2) is 0 Å². The van der Waals surface area contributed by atoms with E-state index in [1.54, 1.807) is 4.90 Å². The summed E-state index contributed by atoms with van der Waals surface area (Å²) in [6, 6.07) is 18.8. The van der Waals surface area contributed by atoms with Crippen LogP contribution in [0, 0.1) is 6.92 Å². The molecule has 1 unspecified atom stereocenters. The monoisotopic (exact) mass is 422 g/mol. The molecule has 0 aliphatic carbocycles. The van der Waals surface area contributed by atoms with E-state index >= 15 is 0 Å². The standard InChI is InChI=1S/C22H19BrN2O2/c1-14-6-2-4-8-17(14)20-21(26)24-10-11-25(20)22(27)16-12-15-7-3-5-9-18(15)19(23)13-16/h2-9,12-13,20H,10-11H2,1H3,(H,24,26). The van der Waals surface area contributed by atoms with Gasteiger partial charge in [0.25, 0.3) is 5.91 Å². The molecule has 27 heavy (non-hydrogen) atoms. The summed E-state index contributed by atoms with van der Waals surface area (Å²) in [6.45, 7) is 2.90. The van der Waals surface area contributed by atoms with Crippen LogP contribution in [0.4, 0.5) is 0 Å². The van der Waals surface area contributed by atoms with E-state index in [4.69, 9.17) is 0 Å². The SMILES string of the molecule is Cc1ccccc1C1C(=O)NCCN1C(=O)c1cc(Br)c2ccccc2c1. The zero-order valence-corrected chi connectivity index (χ0v) is 16.5. The molecule has 1 aliphatic rings. The molecule has 5 heteroatoms. The first-order valence-electron chi connectivity index (χ1n) is 8.89. The highest BCUT2D eigenvalue weighted by molar-refractivity contribution is 9.10. The second-order valence-electron chi connectivity index (χ2n) is 6.73. The van der Waals surface area contributed by atoms with Crippen molar-refractivity contribution in [3.63, 3.8) is 0 Å². The van der Waals surface area contributed by atoms with E-state index in [-0.39, 0.29) is 11.8 Å². The first-order chi connectivity index (χ1) is 13.1. The quantitative estimate of drug-likeness (QED) is 0.671. The summed E-state index contributed by atoms with van der Waals surface area (Å²) in [4.78, 5) is 27.7. The number of hydrogen-bond acceptors (Lipinski definition) is 2. The topological polar surface area (TPSA) is 49.4 Å². The lowest BCUT2D eigenvalue weighted by atomic mass is 9.96. The van der Waals surface area contributed by atoms with Crippen molar-refractivity contribution in [1.29, 1.82) is 0 Å². The summed E-state index contributed by atoms with van der Waals surface area (Å²) in [7, 11) is 0. The zero-order chi connectivity index (χ0) is 19.0. The Morgan fingerprint density at radius 2 is 1.85 bits per heavy atom. The molecule has 0 bridgehead atoms. The van der Waals surface area contributed by atoms with E-state index in [1.807, 2.05) is 67.6 Å². The minimum atomic E-state index is -0.613. The van der Waals surface area contributed by atoms with Crippen molar-refractivity contribution < 1.29 is 9.59 Å². The Bertz CT molecular complexity index is 1050. The number of nitrogens with one attached hydrogen (secondary N) is 1. The number of nitrogens with zero attached hydrogens (tertiary/aromatic N) is 1. The van der Waals surface area contributed by atoms with E-state index in [1.165, 1.54) is 0 Å². The molecule has 1 saturated heterocycles. The summed E-state index contributed by atoms with van der Waals surface area (Å²) >= 11 is 3.57. The van der Waals surface area contributed by atoms with Crippen molar-refractivity contribution in [2.24, 2.45) is 0 Å². The van der Waals surface area contributed by atoms with Crippen molar-refractivity contribution >= 4 is 38.5 Å². The highest BCUT2D eigenvalue weighted by atomic mass is 79.9. The van der Waals surface area contributed by atoms with E-state index < -0.39 is 6.04 Å². The number of hydrogen-bond donors (Lipinski definition) is 1. The predicted octanol–water partition coefficient (Wildman–Crippen LogP) is 4.22.